The molecule has 0 spiro atoms. The lowest BCUT2D eigenvalue weighted by molar-refractivity contribution is -0.384. The number of thiophene rings is 1. The predicted molar refractivity (Wildman–Crippen MR) is 72.3 cm³/mol. The minimum Gasteiger partial charge on any atom is -0.423 e. The first-order valence-corrected chi connectivity index (χ1v) is 6.46. The van der Waals surface area contributed by atoms with Gasteiger partial charge in [-0.2, -0.15) is 16.3 Å². The summed E-state index contributed by atoms with van der Waals surface area (Å²) >= 11 is 1.62. The third-order valence-corrected chi connectivity index (χ3v) is 3.34. The molecule has 0 unspecified atom stereocenters. The second kappa shape index (κ2) is 4.69. The topological polar surface area (TPSA) is 81.2 Å². The molecule has 1 N–H and O–H groups in total. The van der Waals surface area contributed by atoms with Crippen LogP contribution in [0.15, 0.2) is 39.4 Å². The minimum absolute atomic E-state index is 0.00645. The van der Waals surface area contributed by atoms with Crippen molar-refractivity contribution in [3.05, 3.63) is 50.7 Å². The Bertz CT molecular complexity index is 721. The minimum atomic E-state index is -0.458. The molecule has 0 amide bonds. The lowest BCUT2D eigenvalue weighted by Gasteiger charge is -1.97. The van der Waals surface area contributed by atoms with Crippen molar-refractivity contribution in [2.75, 3.05) is 5.32 Å². The van der Waals surface area contributed by atoms with Crippen molar-refractivity contribution in [3.8, 4) is 0 Å². The Hall–Kier alpha value is -2.41. The van der Waals surface area contributed by atoms with Crippen LogP contribution >= 0.6 is 11.3 Å². The van der Waals surface area contributed by atoms with E-state index in [1.165, 1.54) is 12.1 Å². The molecule has 1 aromatic carbocycles. The molecule has 7 heteroatoms. The van der Waals surface area contributed by atoms with Gasteiger partial charge < -0.3 is 9.73 Å². The largest absolute Gasteiger partial charge is 0.423 e. The van der Waals surface area contributed by atoms with Crippen molar-refractivity contribution < 1.29 is 9.34 Å². The molecule has 2 aromatic heterocycles. The fourth-order valence-corrected chi connectivity index (χ4v) is 2.34. The number of nitrogens with zero attached hydrogens (tertiary/aromatic N) is 2. The van der Waals surface area contributed by atoms with Gasteiger partial charge in [0.2, 0.25) is 0 Å². The second-order valence-electron chi connectivity index (χ2n) is 3.91. The van der Waals surface area contributed by atoms with Crippen LogP contribution in [0, 0.1) is 10.1 Å². The molecule has 0 saturated carbocycles. The van der Waals surface area contributed by atoms with E-state index in [4.69, 9.17) is 4.42 Å². The van der Waals surface area contributed by atoms with E-state index in [-0.39, 0.29) is 5.69 Å². The number of hydrogen-bond acceptors (Lipinski definition) is 6. The van der Waals surface area contributed by atoms with E-state index >= 15 is 0 Å². The van der Waals surface area contributed by atoms with Crippen molar-refractivity contribution in [1.82, 2.24) is 4.98 Å². The third kappa shape index (κ3) is 2.41. The maximum atomic E-state index is 10.7. The van der Waals surface area contributed by atoms with Gasteiger partial charge in [0.05, 0.1) is 11.0 Å². The van der Waals surface area contributed by atoms with Crippen LogP contribution in [-0.4, -0.2) is 9.91 Å². The number of oxazole rings is 1. The zero-order valence-corrected chi connectivity index (χ0v) is 10.5. The van der Waals surface area contributed by atoms with Crippen LogP contribution < -0.4 is 5.32 Å². The van der Waals surface area contributed by atoms with Gasteiger partial charge in [-0.1, -0.05) is 0 Å². The average Bonchev–Trinajstić information content (AvgIpc) is 3.04. The van der Waals surface area contributed by atoms with E-state index in [0.29, 0.717) is 23.7 Å². The summed E-state index contributed by atoms with van der Waals surface area (Å²) in [6.07, 6.45) is 0. The van der Waals surface area contributed by atoms with Gasteiger partial charge in [-0.05, 0) is 28.5 Å². The zero-order chi connectivity index (χ0) is 13.2. The van der Waals surface area contributed by atoms with Crippen molar-refractivity contribution in [2.45, 2.75) is 6.54 Å². The first-order valence-electron chi connectivity index (χ1n) is 5.52. The van der Waals surface area contributed by atoms with Gasteiger partial charge >= 0.3 is 0 Å². The molecule has 0 bridgehead atoms. The van der Waals surface area contributed by atoms with E-state index in [1.807, 2.05) is 16.8 Å². The molecule has 19 heavy (non-hydrogen) atoms. The van der Waals surface area contributed by atoms with Crippen LogP contribution in [-0.2, 0) is 6.54 Å². The summed E-state index contributed by atoms with van der Waals surface area (Å²) in [5.41, 5.74) is 2.13. The Morgan fingerprint density at radius 1 is 1.42 bits per heavy atom. The van der Waals surface area contributed by atoms with Gasteiger partial charge in [0.15, 0.2) is 5.58 Å². The van der Waals surface area contributed by atoms with Crippen LogP contribution in [0.5, 0.6) is 0 Å². The highest BCUT2D eigenvalue weighted by atomic mass is 32.1. The van der Waals surface area contributed by atoms with E-state index < -0.39 is 4.92 Å². The Labute approximate surface area is 111 Å². The fourth-order valence-electron chi connectivity index (χ4n) is 1.67. The summed E-state index contributed by atoms with van der Waals surface area (Å²) < 4.78 is 5.43. The number of anilines is 1. The van der Waals surface area contributed by atoms with Crippen LogP contribution in [0.1, 0.15) is 5.56 Å². The van der Waals surface area contributed by atoms with Gasteiger partial charge in [0, 0.05) is 12.6 Å². The molecule has 6 nitrogen and oxygen atoms in total. The number of nitrogens with one attached hydrogen (secondary N) is 1. The third-order valence-electron chi connectivity index (χ3n) is 2.61. The Morgan fingerprint density at radius 2 is 2.32 bits per heavy atom. The first kappa shape index (κ1) is 11.7. The van der Waals surface area contributed by atoms with E-state index in [9.17, 15) is 10.1 Å². The van der Waals surface area contributed by atoms with E-state index in [2.05, 4.69) is 10.3 Å². The highest BCUT2D eigenvalue weighted by molar-refractivity contribution is 7.07. The molecule has 3 rings (SSSR count). The van der Waals surface area contributed by atoms with Crippen molar-refractivity contribution in [2.24, 2.45) is 0 Å². The smallest absolute Gasteiger partial charge is 0.295 e. The average molecular weight is 275 g/mol. The van der Waals surface area contributed by atoms with Gasteiger partial charge in [-0.15, -0.1) is 0 Å². The van der Waals surface area contributed by atoms with Crippen molar-refractivity contribution in [3.63, 3.8) is 0 Å². The highest BCUT2D eigenvalue weighted by Crippen LogP contribution is 2.23. The number of hydrogen-bond donors (Lipinski definition) is 1. The lowest BCUT2D eigenvalue weighted by Crippen LogP contribution is -1.97. The SMILES string of the molecule is O=[N+]([O-])c1ccc2nc(NCc3ccsc3)oc2c1. The summed E-state index contributed by atoms with van der Waals surface area (Å²) in [6, 6.07) is 6.73. The van der Waals surface area contributed by atoms with Crippen LogP contribution in [0.2, 0.25) is 0 Å². The summed E-state index contributed by atoms with van der Waals surface area (Å²) in [7, 11) is 0. The second-order valence-corrected chi connectivity index (χ2v) is 4.69. The number of aromatic nitrogens is 1. The molecule has 0 saturated heterocycles. The number of benzene rings is 1. The molecule has 0 fully saturated rings. The molecule has 0 aliphatic rings. The van der Waals surface area contributed by atoms with Gasteiger partial charge in [-0.25, -0.2) is 0 Å². The van der Waals surface area contributed by atoms with Gasteiger partial charge in [0.25, 0.3) is 11.7 Å². The summed E-state index contributed by atoms with van der Waals surface area (Å²) in [6.45, 7) is 0.610. The summed E-state index contributed by atoms with van der Waals surface area (Å²) in [4.78, 5) is 14.4. The molecule has 0 radical (unpaired) electrons. The number of nitro benzene ring substituents is 1. The summed E-state index contributed by atoms with van der Waals surface area (Å²) in [5, 5.41) is 17.7. The number of fused-ring (bicyclic) bond motifs is 1. The Morgan fingerprint density at radius 3 is 3.05 bits per heavy atom. The maximum Gasteiger partial charge on any atom is 0.295 e. The molecule has 0 atom stereocenters. The van der Waals surface area contributed by atoms with Gasteiger partial charge in [-0.3, -0.25) is 10.1 Å². The number of non-ortho nitro benzene ring substituents is 1. The maximum absolute atomic E-state index is 10.7. The molecular weight excluding hydrogens is 266 g/mol. The quantitative estimate of drug-likeness (QED) is 0.583. The standard InChI is InChI=1S/C12H9N3O3S/c16-15(17)9-1-2-10-11(5-9)18-12(14-10)13-6-8-3-4-19-7-8/h1-5,7H,6H2,(H,13,14). The molecule has 2 heterocycles. The fraction of sp³-hybridized carbons (Fsp3) is 0.0833. The normalized spacial score (nSPS) is 10.7. The number of rotatable bonds is 4. The first-order chi connectivity index (χ1) is 9.22. The molecule has 0 aliphatic heterocycles. The zero-order valence-electron chi connectivity index (χ0n) is 9.70. The van der Waals surface area contributed by atoms with Crippen LogP contribution in [0.3, 0.4) is 0 Å². The van der Waals surface area contributed by atoms with Crippen molar-refractivity contribution in [1.29, 1.82) is 0 Å². The molecular formula is C12H9N3O3S. The lowest BCUT2D eigenvalue weighted by atomic mass is 10.3. The Kier molecular flexibility index (Phi) is 2.88. The van der Waals surface area contributed by atoms with Gasteiger partial charge in [0.1, 0.15) is 5.52 Å². The molecule has 0 aliphatic carbocycles. The van der Waals surface area contributed by atoms with Crippen LogP contribution in [0.25, 0.3) is 11.1 Å². The highest BCUT2D eigenvalue weighted by Gasteiger charge is 2.11. The van der Waals surface area contributed by atoms with E-state index in [1.54, 1.807) is 17.4 Å². The predicted octanol–water partition coefficient (Wildman–Crippen LogP) is 3.41. The molecule has 96 valence electrons. The monoisotopic (exact) mass is 275 g/mol. The molecule has 3 aromatic rings. The summed E-state index contributed by atoms with van der Waals surface area (Å²) in [5.74, 6) is 0. The van der Waals surface area contributed by atoms with Crippen LogP contribution in [0.4, 0.5) is 11.7 Å². The van der Waals surface area contributed by atoms with Crippen molar-refractivity contribution >= 4 is 34.1 Å². The number of nitro groups is 1. The Balaban J connectivity index is 1.83. The van der Waals surface area contributed by atoms with E-state index in [0.717, 1.165) is 5.56 Å².